The number of carbonyl (C=O) groups is 1. The van der Waals surface area contributed by atoms with E-state index in [9.17, 15) is 9.90 Å². The van der Waals surface area contributed by atoms with Crippen molar-refractivity contribution in [3.8, 4) is 0 Å². The molecule has 0 radical (unpaired) electrons. The van der Waals surface area contributed by atoms with Crippen molar-refractivity contribution in [1.29, 1.82) is 0 Å². The zero-order valence-electron chi connectivity index (χ0n) is 12.0. The molecule has 1 aliphatic heterocycles. The number of hydrogen-bond acceptors (Lipinski definition) is 3. The largest absolute Gasteiger partial charge is 0.397 e. The molecule has 5 heteroatoms. The zero-order chi connectivity index (χ0) is 14.3. The van der Waals surface area contributed by atoms with Crippen LogP contribution in [0.2, 0.25) is 0 Å². The maximum absolute atomic E-state index is 12.6. The number of piperidine rings is 1. The Morgan fingerprint density at radius 1 is 1.45 bits per heavy atom. The molecule has 1 aliphatic carbocycles. The SMILES string of the molecule is Cn1cc(N)cc1C(=O)N1CCC2(O)CCCCC2C1. The Bertz CT molecular complexity index is 525. The van der Waals surface area contributed by atoms with Crippen LogP contribution in [0.15, 0.2) is 12.3 Å². The molecule has 1 amide bonds. The Balaban J connectivity index is 1.76. The first-order valence-electron chi connectivity index (χ1n) is 7.43. The normalized spacial score (nSPS) is 30.1. The van der Waals surface area contributed by atoms with Crippen molar-refractivity contribution >= 4 is 11.6 Å². The number of carbonyl (C=O) groups excluding carboxylic acids is 1. The molecule has 1 aromatic rings. The van der Waals surface area contributed by atoms with E-state index in [-0.39, 0.29) is 11.8 Å². The fourth-order valence-corrected chi connectivity index (χ4v) is 3.72. The number of hydrogen-bond donors (Lipinski definition) is 2. The van der Waals surface area contributed by atoms with E-state index >= 15 is 0 Å². The number of rotatable bonds is 1. The fourth-order valence-electron chi connectivity index (χ4n) is 3.72. The van der Waals surface area contributed by atoms with E-state index in [0.717, 1.165) is 25.7 Å². The first-order chi connectivity index (χ1) is 9.49. The van der Waals surface area contributed by atoms with Gasteiger partial charge in [0.15, 0.2) is 0 Å². The number of nitrogens with two attached hydrogens (primary N) is 1. The molecule has 1 saturated heterocycles. The van der Waals surface area contributed by atoms with Crippen molar-refractivity contribution in [1.82, 2.24) is 9.47 Å². The van der Waals surface area contributed by atoms with Crippen LogP contribution in [0.4, 0.5) is 5.69 Å². The summed E-state index contributed by atoms with van der Waals surface area (Å²) in [6.45, 7) is 1.30. The van der Waals surface area contributed by atoms with Gasteiger partial charge in [-0.25, -0.2) is 0 Å². The van der Waals surface area contributed by atoms with Gasteiger partial charge in [-0.3, -0.25) is 4.79 Å². The average molecular weight is 277 g/mol. The highest BCUT2D eigenvalue weighted by Crippen LogP contribution is 2.40. The Labute approximate surface area is 119 Å². The lowest BCUT2D eigenvalue weighted by Crippen LogP contribution is -2.54. The molecule has 2 atom stereocenters. The molecule has 2 heterocycles. The summed E-state index contributed by atoms with van der Waals surface area (Å²) in [5.41, 5.74) is 6.44. The van der Waals surface area contributed by atoms with Crippen LogP contribution in [-0.2, 0) is 7.05 Å². The van der Waals surface area contributed by atoms with Gasteiger partial charge in [-0.05, 0) is 25.3 Å². The summed E-state index contributed by atoms with van der Waals surface area (Å²) in [6, 6.07) is 1.73. The number of likely N-dealkylation sites (tertiary alicyclic amines) is 1. The molecular weight excluding hydrogens is 254 g/mol. The van der Waals surface area contributed by atoms with Gasteiger partial charge in [-0.1, -0.05) is 12.8 Å². The number of aliphatic hydroxyl groups is 1. The van der Waals surface area contributed by atoms with Crippen molar-refractivity contribution in [3.63, 3.8) is 0 Å². The number of nitrogens with zero attached hydrogens (tertiary/aromatic N) is 2. The molecule has 0 aromatic carbocycles. The summed E-state index contributed by atoms with van der Waals surface area (Å²) < 4.78 is 1.78. The third kappa shape index (κ3) is 2.20. The predicted molar refractivity (Wildman–Crippen MR) is 77.3 cm³/mol. The second-order valence-corrected chi connectivity index (χ2v) is 6.32. The second-order valence-electron chi connectivity index (χ2n) is 6.32. The van der Waals surface area contributed by atoms with Crippen LogP contribution in [-0.4, -0.2) is 39.2 Å². The van der Waals surface area contributed by atoms with Gasteiger partial charge in [0, 0.05) is 32.3 Å². The van der Waals surface area contributed by atoms with Gasteiger partial charge in [0.25, 0.3) is 5.91 Å². The van der Waals surface area contributed by atoms with Crippen molar-refractivity contribution in [2.75, 3.05) is 18.8 Å². The first kappa shape index (κ1) is 13.5. The van der Waals surface area contributed by atoms with E-state index in [4.69, 9.17) is 5.73 Å². The number of nitrogen functional groups attached to an aromatic ring is 1. The van der Waals surface area contributed by atoms with Crippen LogP contribution in [0.5, 0.6) is 0 Å². The molecule has 3 N–H and O–H groups in total. The number of anilines is 1. The molecule has 3 rings (SSSR count). The minimum atomic E-state index is -0.539. The quantitative estimate of drug-likeness (QED) is 0.814. The van der Waals surface area contributed by atoms with E-state index in [0.29, 0.717) is 30.9 Å². The predicted octanol–water partition coefficient (Wildman–Crippen LogP) is 1.37. The summed E-state index contributed by atoms with van der Waals surface area (Å²) in [5.74, 6) is 0.253. The highest BCUT2D eigenvalue weighted by atomic mass is 16.3. The summed E-state index contributed by atoms with van der Waals surface area (Å²) in [5, 5.41) is 10.7. The lowest BCUT2D eigenvalue weighted by Gasteiger charge is -2.47. The summed E-state index contributed by atoms with van der Waals surface area (Å²) in [6.07, 6.45) is 6.63. The van der Waals surface area contributed by atoms with Crippen molar-refractivity contribution in [2.45, 2.75) is 37.7 Å². The van der Waals surface area contributed by atoms with Gasteiger partial charge in [0.1, 0.15) is 5.69 Å². The van der Waals surface area contributed by atoms with E-state index in [2.05, 4.69) is 0 Å². The Morgan fingerprint density at radius 3 is 2.95 bits per heavy atom. The Hall–Kier alpha value is -1.49. The first-order valence-corrected chi connectivity index (χ1v) is 7.43. The van der Waals surface area contributed by atoms with E-state index < -0.39 is 5.60 Å². The van der Waals surface area contributed by atoms with Crippen molar-refractivity contribution < 1.29 is 9.90 Å². The topological polar surface area (TPSA) is 71.5 Å². The van der Waals surface area contributed by atoms with Gasteiger partial charge in [0.05, 0.1) is 11.3 Å². The minimum absolute atomic E-state index is 0.0248. The molecule has 1 saturated carbocycles. The summed E-state index contributed by atoms with van der Waals surface area (Å²) in [7, 11) is 1.84. The van der Waals surface area contributed by atoms with Crippen LogP contribution in [0.25, 0.3) is 0 Å². The third-order valence-corrected chi connectivity index (χ3v) is 4.96. The van der Waals surface area contributed by atoms with Gasteiger partial charge < -0.3 is 20.3 Å². The maximum atomic E-state index is 12.6. The molecule has 20 heavy (non-hydrogen) atoms. The van der Waals surface area contributed by atoms with Crippen LogP contribution in [0, 0.1) is 5.92 Å². The standard InChI is InChI=1S/C15H23N3O2/c1-17-10-12(16)8-13(17)14(19)18-7-6-15(20)5-3-2-4-11(15)9-18/h8,10-11,20H,2-7,9,16H2,1H3. The number of fused-ring (bicyclic) bond motifs is 1. The van der Waals surface area contributed by atoms with Crippen LogP contribution in [0.1, 0.15) is 42.6 Å². The van der Waals surface area contributed by atoms with Crippen LogP contribution >= 0.6 is 0 Å². The number of aryl methyl sites for hydroxylation is 1. The molecule has 5 nitrogen and oxygen atoms in total. The zero-order valence-corrected chi connectivity index (χ0v) is 12.0. The average Bonchev–Trinajstić information content (AvgIpc) is 2.76. The van der Waals surface area contributed by atoms with Crippen LogP contribution < -0.4 is 5.73 Å². The molecular formula is C15H23N3O2. The van der Waals surface area contributed by atoms with Gasteiger partial charge >= 0.3 is 0 Å². The fraction of sp³-hybridized carbons (Fsp3) is 0.667. The van der Waals surface area contributed by atoms with Gasteiger partial charge in [-0.2, -0.15) is 0 Å². The third-order valence-electron chi connectivity index (χ3n) is 4.96. The lowest BCUT2D eigenvalue weighted by atomic mass is 9.71. The highest BCUT2D eigenvalue weighted by molar-refractivity contribution is 5.93. The maximum Gasteiger partial charge on any atom is 0.270 e. The Morgan fingerprint density at radius 2 is 2.25 bits per heavy atom. The van der Waals surface area contributed by atoms with E-state index in [1.807, 2.05) is 11.9 Å². The van der Waals surface area contributed by atoms with Crippen molar-refractivity contribution in [2.24, 2.45) is 13.0 Å². The highest BCUT2D eigenvalue weighted by Gasteiger charge is 2.44. The summed E-state index contributed by atoms with van der Waals surface area (Å²) >= 11 is 0. The van der Waals surface area contributed by atoms with Crippen LogP contribution in [0.3, 0.4) is 0 Å². The molecule has 1 aromatic heterocycles. The Kier molecular flexibility index (Phi) is 3.24. The van der Waals surface area contributed by atoms with Crippen molar-refractivity contribution in [3.05, 3.63) is 18.0 Å². The number of aromatic nitrogens is 1. The molecule has 0 bridgehead atoms. The van der Waals surface area contributed by atoms with E-state index in [1.165, 1.54) is 0 Å². The summed E-state index contributed by atoms with van der Waals surface area (Å²) in [4.78, 5) is 14.5. The van der Waals surface area contributed by atoms with E-state index in [1.54, 1.807) is 16.8 Å². The monoisotopic (exact) mass is 277 g/mol. The molecule has 110 valence electrons. The molecule has 2 fully saturated rings. The van der Waals surface area contributed by atoms with Gasteiger partial charge in [-0.15, -0.1) is 0 Å². The van der Waals surface area contributed by atoms with Gasteiger partial charge in [0.2, 0.25) is 0 Å². The smallest absolute Gasteiger partial charge is 0.270 e. The molecule has 0 spiro atoms. The number of amides is 1. The lowest BCUT2D eigenvalue weighted by molar-refractivity contribution is -0.0887. The molecule has 2 aliphatic rings. The molecule has 2 unspecified atom stereocenters. The minimum Gasteiger partial charge on any atom is -0.397 e. The second kappa shape index (κ2) is 4.81.